The van der Waals surface area contributed by atoms with Gasteiger partial charge in [-0.15, -0.1) is 0 Å². The van der Waals surface area contributed by atoms with Gasteiger partial charge < -0.3 is 5.73 Å². The van der Waals surface area contributed by atoms with Gasteiger partial charge in [0.2, 0.25) is 0 Å². The lowest BCUT2D eigenvalue weighted by molar-refractivity contribution is -0.136. The predicted octanol–water partition coefficient (Wildman–Crippen LogP) is 3.52. The van der Waals surface area contributed by atoms with Gasteiger partial charge in [0.1, 0.15) is 0 Å². The Morgan fingerprint density at radius 1 is 1.18 bits per heavy atom. The van der Waals surface area contributed by atoms with Gasteiger partial charge in [0.25, 0.3) is 0 Å². The van der Waals surface area contributed by atoms with E-state index in [-0.39, 0.29) is 6.42 Å². The third-order valence-corrected chi connectivity index (χ3v) is 2.91. The van der Waals surface area contributed by atoms with E-state index >= 15 is 0 Å². The molecule has 0 aliphatic rings. The smallest absolute Gasteiger partial charge is 0.327 e. The molecule has 1 rings (SSSR count). The van der Waals surface area contributed by atoms with Gasteiger partial charge in [-0.25, -0.2) is 0 Å². The highest BCUT2D eigenvalue weighted by molar-refractivity contribution is 5.34. The van der Waals surface area contributed by atoms with E-state index in [1.807, 2.05) is 32.0 Å². The molecule has 0 heterocycles. The van der Waals surface area contributed by atoms with E-state index in [2.05, 4.69) is 0 Å². The summed E-state index contributed by atoms with van der Waals surface area (Å²) in [4.78, 5) is 0. The topological polar surface area (TPSA) is 26.0 Å². The summed E-state index contributed by atoms with van der Waals surface area (Å²) in [6.45, 7) is 3.91. The van der Waals surface area contributed by atoms with Crippen LogP contribution in [-0.2, 0) is 6.42 Å². The first kappa shape index (κ1) is 14.0. The molecule has 1 aromatic rings. The highest BCUT2D eigenvalue weighted by Crippen LogP contribution is 2.23. The molecule has 0 saturated carbocycles. The van der Waals surface area contributed by atoms with Crippen molar-refractivity contribution in [2.24, 2.45) is 5.73 Å². The first-order valence-electron chi connectivity index (χ1n) is 5.67. The van der Waals surface area contributed by atoms with Crippen molar-refractivity contribution >= 4 is 0 Å². The van der Waals surface area contributed by atoms with E-state index in [9.17, 15) is 13.2 Å². The SMILES string of the molecule is Cc1cccc(C)c1CC(N)CCC(F)(F)F. The molecule has 0 aromatic heterocycles. The minimum atomic E-state index is -4.11. The zero-order chi connectivity index (χ0) is 13.1. The molecule has 0 saturated heterocycles. The number of halogens is 3. The Morgan fingerprint density at radius 2 is 1.71 bits per heavy atom. The maximum atomic E-state index is 12.1. The lowest BCUT2D eigenvalue weighted by Gasteiger charge is -2.16. The lowest BCUT2D eigenvalue weighted by atomic mass is 9.95. The molecule has 0 spiro atoms. The fourth-order valence-corrected chi connectivity index (χ4v) is 1.88. The zero-order valence-corrected chi connectivity index (χ0v) is 10.1. The van der Waals surface area contributed by atoms with E-state index in [0.717, 1.165) is 16.7 Å². The Labute approximate surface area is 99.8 Å². The summed E-state index contributed by atoms with van der Waals surface area (Å²) in [7, 11) is 0. The molecule has 0 aliphatic heterocycles. The molecule has 0 fully saturated rings. The standard InChI is InChI=1S/C13H18F3N/c1-9-4-3-5-10(2)12(9)8-11(17)6-7-13(14,15)16/h3-5,11H,6-8,17H2,1-2H3. The van der Waals surface area contributed by atoms with Crippen LogP contribution in [0, 0.1) is 13.8 Å². The van der Waals surface area contributed by atoms with E-state index in [0.29, 0.717) is 6.42 Å². The summed E-state index contributed by atoms with van der Waals surface area (Å²) in [5, 5.41) is 0. The second kappa shape index (κ2) is 5.54. The van der Waals surface area contributed by atoms with Crippen LogP contribution in [0.25, 0.3) is 0 Å². The molecule has 1 nitrogen and oxygen atoms in total. The molecule has 17 heavy (non-hydrogen) atoms. The van der Waals surface area contributed by atoms with Crippen LogP contribution in [0.2, 0.25) is 0 Å². The van der Waals surface area contributed by atoms with Crippen molar-refractivity contribution in [2.45, 2.75) is 45.3 Å². The molecule has 2 N–H and O–H groups in total. The maximum absolute atomic E-state index is 12.1. The largest absolute Gasteiger partial charge is 0.389 e. The molecule has 4 heteroatoms. The Morgan fingerprint density at radius 3 is 2.18 bits per heavy atom. The first-order chi connectivity index (χ1) is 7.79. The minimum absolute atomic E-state index is 0.0166. The van der Waals surface area contributed by atoms with Crippen LogP contribution in [0.15, 0.2) is 18.2 Å². The number of alkyl halides is 3. The fraction of sp³-hybridized carbons (Fsp3) is 0.538. The maximum Gasteiger partial charge on any atom is 0.389 e. The molecule has 1 atom stereocenters. The molecule has 0 radical (unpaired) electrons. The number of aryl methyl sites for hydroxylation is 2. The zero-order valence-electron chi connectivity index (χ0n) is 10.1. The summed E-state index contributed by atoms with van der Waals surface area (Å²) < 4.78 is 36.2. The molecule has 96 valence electrons. The third-order valence-electron chi connectivity index (χ3n) is 2.91. The van der Waals surface area contributed by atoms with Gasteiger partial charge in [-0.3, -0.25) is 0 Å². The molecule has 0 bridgehead atoms. The average molecular weight is 245 g/mol. The molecular formula is C13H18F3N. The molecule has 0 aliphatic carbocycles. The van der Waals surface area contributed by atoms with Crippen LogP contribution in [0.1, 0.15) is 29.5 Å². The first-order valence-corrected chi connectivity index (χ1v) is 5.67. The quantitative estimate of drug-likeness (QED) is 0.863. The number of nitrogens with two attached hydrogens (primary N) is 1. The third kappa shape index (κ3) is 4.77. The average Bonchev–Trinajstić information content (AvgIpc) is 2.20. The van der Waals surface area contributed by atoms with Crippen molar-refractivity contribution in [1.82, 2.24) is 0 Å². The second-order valence-electron chi connectivity index (χ2n) is 4.49. The van der Waals surface area contributed by atoms with E-state index < -0.39 is 18.6 Å². The fourth-order valence-electron chi connectivity index (χ4n) is 1.88. The number of benzene rings is 1. The minimum Gasteiger partial charge on any atom is -0.327 e. The summed E-state index contributed by atoms with van der Waals surface area (Å²) >= 11 is 0. The molecular weight excluding hydrogens is 227 g/mol. The second-order valence-corrected chi connectivity index (χ2v) is 4.49. The van der Waals surface area contributed by atoms with Gasteiger partial charge in [-0.05, 0) is 43.4 Å². The summed E-state index contributed by atoms with van der Waals surface area (Å²) in [6, 6.07) is 5.42. The van der Waals surface area contributed by atoms with Crippen LogP contribution in [0.4, 0.5) is 13.2 Å². The Kier molecular flexibility index (Phi) is 4.57. The van der Waals surface area contributed by atoms with Crippen molar-refractivity contribution in [2.75, 3.05) is 0 Å². The Hall–Kier alpha value is -1.03. The molecule has 1 aromatic carbocycles. The van der Waals surface area contributed by atoms with E-state index in [1.54, 1.807) is 0 Å². The predicted molar refractivity (Wildman–Crippen MR) is 62.9 cm³/mol. The highest BCUT2D eigenvalue weighted by Gasteiger charge is 2.27. The van der Waals surface area contributed by atoms with Gasteiger partial charge in [0, 0.05) is 12.5 Å². The normalized spacial score (nSPS) is 13.8. The van der Waals surface area contributed by atoms with Crippen molar-refractivity contribution in [3.63, 3.8) is 0 Å². The Balaban J connectivity index is 2.59. The van der Waals surface area contributed by atoms with Crippen LogP contribution < -0.4 is 5.73 Å². The van der Waals surface area contributed by atoms with Crippen LogP contribution in [0.5, 0.6) is 0 Å². The van der Waals surface area contributed by atoms with Gasteiger partial charge in [0.15, 0.2) is 0 Å². The summed E-state index contributed by atoms with van der Waals surface area (Å²) in [5.74, 6) is 0. The number of rotatable bonds is 4. The van der Waals surface area contributed by atoms with Gasteiger partial charge in [-0.2, -0.15) is 13.2 Å². The van der Waals surface area contributed by atoms with Crippen LogP contribution >= 0.6 is 0 Å². The number of hydrogen-bond donors (Lipinski definition) is 1. The van der Waals surface area contributed by atoms with E-state index in [4.69, 9.17) is 5.73 Å². The van der Waals surface area contributed by atoms with Crippen molar-refractivity contribution in [3.8, 4) is 0 Å². The number of hydrogen-bond acceptors (Lipinski definition) is 1. The van der Waals surface area contributed by atoms with Gasteiger partial charge in [-0.1, -0.05) is 18.2 Å². The Bertz CT molecular complexity index is 351. The van der Waals surface area contributed by atoms with Crippen LogP contribution in [0.3, 0.4) is 0 Å². The lowest BCUT2D eigenvalue weighted by Crippen LogP contribution is -2.26. The highest BCUT2D eigenvalue weighted by atomic mass is 19.4. The summed E-state index contributed by atoms with van der Waals surface area (Å²) in [6.07, 6.45) is -4.43. The van der Waals surface area contributed by atoms with Gasteiger partial charge >= 0.3 is 6.18 Å². The van der Waals surface area contributed by atoms with E-state index in [1.165, 1.54) is 0 Å². The summed E-state index contributed by atoms with van der Waals surface area (Å²) in [5.41, 5.74) is 9.00. The monoisotopic (exact) mass is 245 g/mol. The van der Waals surface area contributed by atoms with Crippen molar-refractivity contribution < 1.29 is 13.2 Å². The van der Waals surface area contributed by atoms with Crippen molar-refractivity contribution in [3.05, 3.63) is 34.9 Å². The van der Waals surface area contributed by atoms with Crippen molar-refractivity contribution in [1.29, 1.82) is 0 Å². The van der Waals surface area contributed by atoms with Gasteiger partial charge in [0.05, 0.1) is 0 Å². The van der Waals surface area contributed by atoms with Crippen LogP contribution in [-0.4, -0.2) is 12.2 Å². The molecule has 1 unspecified atom stereocenters. The molecule has 0 amide bonds.